The molecule has 0 aromatic heterocycles. The number of carbonyl (C=O) groups is 1. The van der Waals surface area contributed by atoms with E-state index >= 15 is 0 Å². The Hall–Kier alpha value is -1.75. The van der Waals surface area contributed by atoms with Gasteiger partial charge in [0.05, 0.1) is 13.7 Å². The van der Waals surface area contributed by atoms with Crippen LogP contribution >= 0.6 is 0 Å². The third-order valence-corrected chi connectivity index (χ3v) is 3.27. The monoisotopic (exact) mass is 294 g/mol. The van der Waals surface area contributed by atoms with E-state index in [0.29, 0.717) is 13.0 Å². The third-order valence-electron chi connectivity index (χ3n) is 3.27. The predicted molar refractivity (Wildman–Crippen MR) is 85.0 cm³/mol. The maximum Gasteiger partial charge on any atom is 0.323 e. The summed E-state index contributed by atoms with van der Waals surface area (Å²) in [6.45, 7) is 5.71. The summed E-state index contributed by atoms with van der Waals surface area (Å²) in [5.41, 5.74) is 1.06. The van der Waals surface area contributed by atoms with E-state index in [0.717, 1.165) is 24.5 Å². The maximum atomic E-state index is 11.9. The van der Waals surface area contributed by atoms with Crippen LogP contribution in [0.5, 0.6) is 5.75 Å². The Kier molecular flexibility index (Phi) is 7.61. The second kappa shape index (κ2) is 9.23. The van der Waals surface area contributed by atoms with Crippen molar-refractivity contribution in [3.8, 4) is 5.75 Å². The molecule has 1 atom stereocenters. The molecule has 0 heterocycles. The summed E-state index contributed by atoms with van der Waals surface area (Å²) in [5, 5.41) is 3.17. The number of methoxy groups -OCH3 is 1. The van der Waals surface area contributed by atoms with Crippen molar-refractivity contribution in [2.24, 2.45) is 0 Å². The van der Waals surface area contributed by atoms with Crippen LogP contribution < -0.4 is 15.0 Å². The molecule has 1 N–H and O–H groups in total. The lowest BCUT2D eigenvalue weighted by atomic mass is 10.2. The van der Waals surface area contributed by atoms with Gasteiger partial charge in [-0.25, -0.2) is 0 Å². The van der Waals surface area contributed by atoms with Crippen molar-refractivity contribution in [2.45, 2.75) is 26.3 Å². The highest BCUT2D eigenvalue weighted by molar-refractivity contribution is 5.75. The molecule has 21 heavy (non-hydrogen) atoms. The zero-order chi connectivity index (χ0) is 15.7. The van der Waals surface area contributed by atoms with Gasteiger partial charge in [0, 0.05) is 25.3 Å². The smallest absolute Gasteiger partial charge is 0.323 e. The van der Waals surface area contributed by atoms with E-state index in [4.69, 9.17) is 9.47 Å². The van der Waals surface area contributed by atoms with E-state index in [9.17, 15) is 4.79 Å². The van der Waals surface area contributed by atoms with Crippen LogP contribution in [0.25, 0.3) is 0 Å². The van der Waals surface area contributed by atoms with E-state index in [1.165, 1.54) is 0 Å². The molecule has 5 nitrogen and oxygen atoms in total. The van der Waals surface area contributed by atoms with E-state index in [-0.39, 0.29) is 12.0 Å². The molecular formula is C16H26N2O3. The lowest BCUT2D eigenvalue weighted by Gasteiger charge is -2.23. The second-order valence-corrected chi connectivity index (χ2v) is 4.77. The van der Waals surface area contributed by atoms with E-state index in [1.807, 2.05) is 45.2 Å². The van der Waals surface area contributed by atoms with Gasteiger partial charge in [0.1, 0.15) is 11.8 Å². The summed E-state index contributed by atoms with van der Waals surface area (Å²) < 4.78 is 10.3. The molecular weight excluding hydrogens is 268 g/mol. The summed E-state index contributed by atoms with van der Waals surface area (Å²) in [6.07, 6.45) is 0.695. The molecule has 118 valence electrons. The van der Waals surface area contributed by atoms with Gasteiger partial charge in [-0.2, -0.15) is 0 Å². The normalized spacial score (nSPS) is 11.8. The molecule has 1 aromatic carbocycles. The first kappa shape index (κ1) is 17.3. The molecule has 0 aliphatic heterocycles. The summed E-state index contributed by atoms with van der Waals surface area (Å²) in [5.74, 6) is 0.645. The lowest BCUT2D eigenvalue weighted by molar-refractivity contribution is -0.145. The van der Waals surface area contributed by atoms with Gasteiger partial charge in [0.15, 0.2) is 0 Å². The summed E-state index contributed by atoms with van der Waals surface area (Å²) in [6, 6.07) is 7.61. The third kappa shape index (κ3) is 5.63. The number of ether oxygens (including phenoxy) is 2. The molecule has 5 heteroatoms. The fourth-order valence-corrected chi connectivity index (χ4v) is 2.09. The van der Waals surface area contributed by atoms with Gasteiger partial charge in [0.25, 0.3) is 0 Å². The van der Waals surface area contributed by atoms with Gasteiger partial charge in [-0.3, -0.25) is 4.79 Å². The largest absolute Gasteiger partial charge is 0.497 e. The molecule has 1 rings (SSSR count). The van der Waals surface area contributed by atoms with Gasteiger partial charge in [-0.1, -0.05) is 13.0 Å². The van der Waals surface area contributed by atoms with Crippen LogP contribution in [0, 0.1) is 0 Å². The Balaban J connectivity index is 2.59. The summed E-state index contributed by atoms with van der Waals surface area (Å²) in [7, 11) is 3.66. The summed E-state index contributed by atoms with van der Waals surface area (Å²) in [4.78, 5) is 14.0. The minimum atomic E-state index is -0.261. The van der Waals surface area contributed by atoms with E-state index in [2.05, 4.69) is 10.2 Å². The van der Waals surface area contributed by atoms with E-state index < -0.39 is 0 Å². The fraction of sp³-hybridized carbons (Fsp3) is 0.562. The van der Waals surface area contributed by atoms with Crippen molar-refractivity contribution < 1.29 is 14.3 Å². The molecule has 1 aromatic rings. The first-order chi connectivity index (χ1) is 10.1. The van der Waals surface area contributed by atoms with Crippen molar-refractivity contribution in [1.29, 1.82) is 0 Å². The molecule has 0 aliphatic carbocycles. The SMILES string of the molecule is CCNC(CCN(C)c1cccc(OC)c1)C(=O)OCC. The van der Waals surface area contributed by atoms with Crippen LogP contribution in [-0.4, -0.2) is 45.9 Å². The molecule has 0 saturated heterocycles. The first-order valence-corrected chi connectivity index (χ1v) is 7.37. The number of benzene rings is 1. The van der Waals surface area contributed by atoms with Gasteiger partial charge in [-0.15, -0.1) is 0 Å². The Morgan fingerprint density at radius 3 is 2.76 bits per heavy atom. The molecule has 0 spiro atoms. The van der Waals surface area contributed by atoms with E-state index in [1.54, 1.807) is 7.11 Å². The number of anilines is 1. The quantitative estimate of drug-likeness (QED) is 0.707. The zero-order valence-corrected chi connectivity index (χ0v) is 13.4. The average molecular weight is 294 g/mol. The van der Waals surface area contributed by atoms with Crippen LogP contribution in [0.4, 0.5) is 5.69 Å². The highest BCUT2D eigenvalue weighted by Crippen LogP contribution is 2.20. The van der Waals surface area contributed by atoms with Gasteiger partial charge in [-0.05, 0) is 32.0 Å². The number of likely N-dealkylation sites (N-methyl/N-ethyl adjacent to an activating group) is 1. The van der Waals surface area contributed by atoms with Crippen molar-refractivity contribution >= 4 is 11.7 Å². The number of carbonyl (C=O) groups excluding carboxylic acids is 1. The van der Waals surface area contributed by atoms with Crippen molar-refractivity contribution in [1.82, 2.24) is 5.32 Å². The molecule has 0 aliphatic rings. The predicted octanol–water partition coefficient (Wildman–Crippen LogP) is 2.06. The minimum absolute atomic E-state index is 0.182. The molecule has 0 saturated carbocycles. The standard InChI is InChI=1S/C16H26N2O3/c1-5-17-15(16(19)21-6-2)10-11-18(3)13-8-7-9-14(12-13)20-4/h7-9,12,15,17H,5-6,10-11H2,1-4H3. The second-order valence-electron chi connectivity index (χ2n) is 4.77. The maximum absolute atomic E-state index is 11.9. The lowest BCUT2D eigenvalue weighted by Crippen LogP contribution is -2.40. The van der Waals surface area contributed by atoms with Gasteiger partial charge in [0.2, 0.25) is 0 Å². The highest BCUT2D eigenvalue weighted by Gasteiger charge is 2.19. The Morgan fingerprint density at radius 1 is 1.38 bits per heavy atom. The van der Waals surface area contributed by atoms with Crippen LogP contribution in [0.2, 0.25) is 0 Å². The fourth-order valence-electron chi connectivity index (χ4n) is 2.09. The average Bonchev–Trinajstić information content (AvgIpc) is 2.51. The number of rotatable bonds is 9. The Labute approximate surface area is 127 Å². The number of hydrogen-bond acceptors (Lipinski definition) is 5. The Morgan fingerprint density at radius 2 is 2.14 bits per heavy atom. The topological polar surface area (TPSA) is 50.8 Å². The van der Waals surface area contributed by atoms with Gasteiger partial charge >= 0.3 is 5.97 Å². The van der Waals surface area contributed by atoms with Crippen molar-refractivity contribution in [3.63, 3.8) is 0 Å². The molecule has 0 amide bonds. The summed E-state index contributed by atoms with van der Waals surface area (Å²) >= 11 is 0. The number of nitrogens with zero attached hydrogens (tertiary/aromatic N) is 1. The minimum Gasteiger partial charge on any atom is -0.497 e. The van der Waals surface area contributed by atoms with Crippen LogP contribution in [0.3, 0.4) is 0 Å². The van der Waals surface area contributed by atoms with Crippen molar-refractivity contribution in [3.05, 3.63) is 24.3 Å². The molecule has 0 fully saturated rings. The van der Waals surface area contributed by atoms with Crippen molar-refractivity contribution in [2.75, 3.05) is 38.8 Å². The number of nitrogens with one attached hydrogen (secondary N) is 1. The number of esters is 1. The zero-order valence-electron chi connectivity index (χ0n) is 13.4. The number of hydrogen-bond donors (Lipinski definition) is 1. The first-order valence-electron chi connectivity index (χ1n) is 7.37. The van der Waals surface area contributed by atoms with Gasteiger partial charge < -0.3 is 19.7 Å². The molecule has 0 bridgehead atoms. The molecule has 0 radical (unpaired) electrons. The van der Waals surface area contributed by atoms with Crippen LogP contribution in [-0.2, 0) is 9.53 Å². The highest BCUT2D eigenvalue weighted by atomic mass is 16.5. The molecule has 1 unspecified atom stereocenters. The van der Waals surface area contributed by atoms with Crippen LogP contribution in [0.1, 0.15) is 20.3 Å². The Bertz CT molecular complexity index is 437. The van der Waals surface area contributed by atoms with Crippen LogP contribution in [0.15, 0.2) is 24.3 Å².